The van der Waals surface area contributed by atoms with Crippen LogP contribution in [0.15, 0.2) is 45.7 Å². The van der Waals surface area contributed by atoms with Crippen LogP contribution in [0.5, 0.6) is 0 Å². The number of nitro benzene ring substituents is 1. The fourth-order valence-corrected chi connectivity index (χ4v) is 3.88. The number of anilines is 1. The molecule has 0 atom stereocenters. The van der Waals surface area contributed by atoms with E-state index in [-0.39, 0.29) is 21.8 Å². The molecule has 1 aromatic heterocycles. The predicted molar refractivity (Wildman–Crippen MR) is 101 cm³/mol. The van der Waals surface area contributed by atoms with E-state index < -0.39 is 20.9 Å². The number of carbonyl (C=O) groups excluding carboxylic acids is 1. The lowest BCUT2D eigenvalue weighted by atomic mass is 10.1. The van der Waals surface area contributed by atoms with Gasteiger partial charge in [0.1, 0.15) is 16.9 Å². The summed E-state index contributed by atoms with van der Waals surface area (Å²) in [7, 11) is -2.85. The lowest BCUT2D eigenvalue weighted by molar-refractivity contribution is -0.385. The van der Waals surface area contributed by atoms with Crippen LogP contribution in [0.2, 0.25) is 0 Å². The van der Waals surface area contributed by atoms with Crippen molar-refractivity contribution in [2.75, 3.05) is 11.8 Å². The predicted octanol–water partition coefficient (Wildman–Crippen LogP) is 3.55. The molecule has 3 aromatic rings. The van der Waals surface area contributed by atoms with Crippen LogP contribution < -0.4 is 4.72 Å². The van der Waals surface area contributed by atoms with Crippen molar-refractivity contribution in [3.05, 3.63) is 63.4 Å². The van der Waals surface area contributed by atoms with Crippen molar-refractivity contribution in [3.8, 4) is 0 Å². The lowest BCUT2D eigenvalue weighted by Crippen LogP contribution is -2.13. The van der Waals surface area contributed by atoms with E-state index in [4.69, 9.17) is 9.15 Å². The van der Waals surface area contributed by atoms with Gasteiger partial charge >= 0.3 is 5.97 Å². The summed E-state index contributed by atoms with van der Waals surface area (Å²) in [6, 6.07) is 8.07. The second-order valence-corrected chi connectivity index (χ2v) is 7.73. The maximum absolute atomic E-state index is 12.7. The van der Waals surface area contributed by atoms with Gasteiger partial charge in [-0.2, -0.15) is 0 Å². The first-order valence-electron chi connectivity index (χ1n) is 8.03. The molecule has 2 aromatic carbocycles. The second-order valence-electron chi connectivity index (χ2n) is 6.05. The first kappa shape index (κ1) is 19.4. The zero-order valence-corrected chi connectivity index (χ0v) is 16.0. The van der Waals surface area contributed by atoms with Gasteiger partial charge in [0, 0.05) is 22.7 Å². The van der Waals surface area contributed by atoms with Crippen molar-refractivity contribution in [1.29, 1.82) is 0 Å². The fraction of sp³-hybridized carbons (Fsp3) is 0.167. The second kappa shape index (κ2) is 6.97. The third-order valence-electron chi connectivity index (χ3n) is 4.19. The smallest absolute Gasteiger partial charge is 0.342 e. The Balaban J connectivity index is 2.03. The molecular formula is C18H16N2O7S. The molecule has 0 radical (unpaired) electrons. The Bertz CT molecular complexity index is 1210. The summed E-state index contributed by atoms with van der Waals surface area (Å²) in [5.41, 5.74) is 0.816. The highest BCUT2D eigenvalue weighted by atomic mass is 32.2. The number of hydrogen-bond donors (Lipinski definition) is 1. The molecule has 9 nitrogen and oxygen atoms in total. The first-order chi connectivity index (χ1) is 13.1. The first-order valence-corrected chi connectivity index (χ1v) is 9.51. The number of aryl methyl sites for hydroxylation is 2. The number of furan rings is 1. The Labute approximate surface area is 160 Å². The summed E-state index contributed by atoms with van der Waals surface area (Å²) in [5, 5.41) is 11.5. The summed E-state index contributed by atoms with van der Waals surface area (Å²) in [5.74, 6) is -0.263. The van der Waals surface area contributed by atoms with Gasteiger partial charge < -0.3 is 9.15 Å². The average Bonchev–Trinajstić information content (AvgIpc) is 2.95. The molecular weight excluding hydrogens is 388 g/mol. The van der Waals surface area contributed by atoms with E-state index in [1.807, 2.05) is 0 Å². The summed E-state index contributed by atoms with van der Waals surface area (Å²) < 4.78 is 37.9. The molecule has 0 fully saturated rings. The number of carbonyl (C=O) groups is 1. The molecule has 0 aliphatic heterocycles. The molecule has 0 saturated carbocycles. The van der Waals surface area contributed by atoms with E-state index in [9.17, 15) is 23.3 Å². The van der Waals surface area contributed by atoms with Gasteiger partial charge in [0.15, 0.2) is 0 Å². The molecule has 3 rings (SSSR count). The molecule has 0 aliphatic carbocycles. The largest absolute Gasteiger partial charge is 0.465 e. The number of esters is 1. The van der Waals surface area contributed by atoms with Crippen LogP contribution in [0.1, 0.15) is 21.7 Å². The standard InChI is InChI=1S/C18H16N2O7S/c1-10-4-6-13(9-15(10)20(22)23)28(24,25)19-12-5-7-16-14(8-12)17(11(2)27-16)18(21)26-3/h4-9,19H,1-3H3. The zero-order chi connectivity index (χ0) is 20.6. The Morgan fingerprint density at radius 1 is 1.18 bits per heavy atom. The van der Waals surface area contributed by atoms with Gasteiger partial charge in [-0.1, -0.05) is 6.07 Å². The van der Waals surface area contributed by atoms with Crippen molar-refractivity contribution in [1.82, 2.24) is 0 Å². The number of benzene rings is 2. The van der Waals surface area contributed by atoms with Gasteiger partial charge in [-0.15, -0.1) is 0 Å². The van der Waals surface area contributed by atoms with Crippen LogP contribution in [0.4, 0.5) is 11.4 Å². The molecule has 0 saturated heterocycles. The van der Waals surface area contributed by atoms with Gasteiger partial charge in [0.05, 0.1) is 16.9 Å². The minimum absolute atomic E-state index is 0.168. The summed E-state index contributed by atoms with van der Waals surface area (Å²) in [6.07, 6.45) is 0. The van der Waals surface area contributed by atoms with E-state index in [0.717, 1.165) is 6.07 Å². The van der Waals surface area contributed by atoms with Crippen molar-refractivity contribution >= 4 is 38.3 Å². The monoisotopic (exact) mass is 404 g/mol. The van der Waals surface area contributed by atoms with Gasteiger partial charge in [-0.25, -0.2) is 13.2 Å². The highest BCUT2D eigenvalue weighted by Crippen LogP contribution is 2.30. The number of fused-ring (bicyclic) bond motifs is 1. The number of rotatable bonds is 5. The molecule has 28 heavy (non-hydrogen) atoms. The topological polar surface area (TPSA) is 129 Å². The number of ether oxygens (including phenoxy) is 1. The van der Waals surface area contributed by atoms with E-state index in [1.165, 1.54) is 44.4 Å². The van der Waals surface area contributed by atoms with Crippen LogP contribution >= 0.6 is 0 Å². The summed E-state index contributed by atoms with van der Waals surface area (Å²) in [6.45, 7) is 3.12. The SMILES string of the molecule is COC(=O)c1c(C)oc2ccc(NS(=O)(=O)c3ccc(C)c([N+](=O)[O-])c3)cc12. The number of hydrogen-bond acceptors (Lipinski definition) is 7. The molecule has 146 valence electrons. The van der Waals surface area contributed by atoms with Crippen molar-refractivity contribution in [2.45, 2.75) is 18.7 Å². The summed E-state index contributed by atoms with van der Waals surface area (Å²) >= 11 is 0. The zero-order valence-electron chi connectivity index (χ0n) is 15.2. The van der Waals surface area contributed by atoms with Crippen LogP contribution in [-0.2, 0) is 14.8 Å². The maximum Gasteiger partial charge on any atom is 0.342 e. The van der Waals surface area contributed by atoms with E-state index in [2.05, 4.69) is 4.72 Å². The Hall–Kier alpha value is -3.40. The molecule has 0 bridgehead atoms. The molecule has 0 amide bonds. The quantitative estimate of drug-likeness (QED) is 0.391. The molecule has 0 unspecified atom stereocenters. The number of sulfonamides is 1. The molecule has 1 heterocycles. The molecule has 1 N–H and O–H groups in total. The number of nitro groups is 1. The Morgan fingerprint density at radius 3 is 2.54 bits per heavy atom. The summed E-state index contributed by atoms with van der Waals surface area (Å²) in [4.78, 5) is 22.2. The number of nitrogens with one attached hydrogen (secondary N) is 1. The van der Waals surface area contributed by atoms with Crippen LogP contribution in [-0.4, -0.2) is 26.4 Å². The normalized spacial score (nSPS) is 11.4. The molecule has 10 heteroatoms. The van der Waals surface area contributed by atoms with Crippen molar-refractivity contribution < 1.29 is 27.3 Å². The van der Waals surface area contributed by atoms with E-state index >= 15 is 0 Å². The van der Waals surface area contributed by atoms with Crippen molar-refractivity contribution in [2.24, 2.45) is 0 Å². The van der Waals surface area contributed by atoms with Crippen LogP contribution in [0.25, 0.3) is 11.0 Å². The third kappa shape index (κ3) is 3.41. The van der Waals surface area contributed by atoms with Gasteiger partial charge in [0.25, 0.3) is 15.7 Å². The number of nitrogens with zero attached hydrogens (tertiary/aromatic N) is 1. The lowest BCUT2D eigenvalue weighted by Gasteiger charge is -2.09. The fourth-order valence-electron chi connectivity index (χ4n) is 2.81. The molecule has 0 aliphatic rings. The van der Waals surface area contributed by atoms with Crippen LogP contribution in [0.3, 0.4) is 0 Å². The Kier molecular flexibility index (Phi) is 4.82. The Morgan fingerprint density at radius 2 is 1.89 bits per heavy atom. The highest BCUT2D eigenvalue weighted by molar-refractivity contribution is 7.92. The van der Waals surface area contributed by atoms with Crippen LogP contribution in [0, 0.1) is 24.0 Å². The average molecular weight is 404 g/mol. The number of methoxy groups -OCH3 is 1. The minimum atomic E-state index is -4.09. The van der Waals surface area contributed by atoms with E-state index in [1.54, 1.807) is 6.92 Å². The third-order valence-corrected chi connectivity index (χ3v) is 5.57. The van der Waals surface area contributed by atoms with Gasteiger partial charge in [0.2, 0.25) is 0 Å². The highest BCUT2D eigenvalue weighted by Gasteiger charge is 2.22. The maximum atomic E-state index is 12.7. The van der Waals surface area contributed by atoms with Gasteiger partial charge in [-0.05, 0) is 38.1 Å². The van der Waals surface area contributed by atoms with E-state index in [0.29, 0.717) is 22.3 Å². The van der Waals surface area contributed by atoms with Crippen molar-refractivity contribution in [3.63, 3.8) is 0 Å². The minimum Gasteiger partial charge on any atom is -0.465 e. The van der Waals surface area contributed by atoms with Gasteiger partial charge in [-0.3, -0.25) is 14.8 Å². The molecule has 0 spiro atoms.